The highest BCUT2D eigenvalue weighted by atomic mass is 35.5. The molecule has 0 saturated carbocycles. The summed E-state index contributed by atoms with van der Waals surface area (Å²) in [6.45, 7) is 2.77. The number of alkyl halides is 1. The molecule has 0 aliphatic carbocycles. The Morgan fingerprint density at radius 2 is 2.05 bits per heavy atom. The van der Waals surface area contributed by atoms with E-state index in [2.05, 4.69) is 15.0 Å². The van der Waals surface area contributed by atoms with Crippen LogP contribution in [0.1, 0.15) is 17.1 Å². The summed E-state index contributed by atoms with van der Waals surface area (Å²) in [5.74, 6) is 1.12. The van der Waals surface area contributed by atoms with Crippen molar-refractivity contribution >= 4 is 17.5 Å². The molecule has 0 bridgehead atoms. The van der Waals surface area contributed by atoms with E-state index in [1.807, 2.05) is 49.3 Å². The molecule has 2 heterocycles. The molecule has 0 aliphatic heterocycles. The Morgan fingerprint density at radius 3 is 2.74 bits per heavy atom. The summed E-state index contributed by atoms with van der Waals surface area (Å²) in [6, 6.07) is 7.85. The summed E-state index contributed by atoms with van der Waals surface area (Å²) in [7, 11) is 1.98. The molecule has 0 unspecified atom stereocenters. The number of halogens is 1. The number of aromatic nitrogens is 3. The van der Waals surface area contributed by atoms with Gasteiger partial charge in [0.25, 0.3) is 0 Å². The Morgan fingerprint density at radius 1 is 1.21 bits per heavy atom. The monoisotopic (exact) mass is 276 g/mol. The van der Waals surface area contributed by atoms with Crippen LogP contribution >= 0.6 is 11.6 Å². The van der Waals surface area contributed by atoms with Gasteiger partial charge in [-0.2, -0.15) is 0 Å². The SMILES string of the molecule is Cc1cc(CCl)nc(N(C)CCc2ccccn2)n1. The summed E-state index contributed by atoms with van der Waals surface area (Å²) < 4.78 is 0. The Kier molecular flexibility index (Phi) is 4.68. The van der Waals surface area contributed by atoms with Crippen LogP contribution in [0.2, 0.25) is 0 Å². The van der Waals surface area contributed by atoms with E-state index in [1.54, 1.807) is 0 Å². The van der Waals surface area contributed by atoms with Gasteiger partial charge >= 0.3 is 0 Å². The van der Waals surface area contributed by atoms with Crippen LogP contribution in [-0.2, 0) is 12.3 Å². The number of hydrogen-bond acceptors (Lipinski definition) is 4. The highest BCUT2D eigenvalue weighted by Gasteiger charge is 2.07. The zero-order valence-electron chi connectivity index (χ0n) is 11.2. The fourth-order valence-corrected chi connectivity index (χ4v) is 1.92. The van der Waals surface area contributed by atoms with Crippen molar-refractivity contribution in [1.29, 1.82) is 0 Å². The van der Waals surface area contributed by atoms with Gasteiger partial charge < -0.3 is 4.90 Å². The second kappa shape index (κ2) is 6.48. The van der Waals surface area contributed by atoms with Crippen LogP contribution in [0, 0.1) is 6.92 Å². The van der Waals surface area contributed by atoms with Crippen molar-refractivity contribution in [3.8, 4) is 0 Å². The molecule has 0 spiro atoms. The first-order chi connectivity index (χ1) is 9.19. The molecule has 5 heteroatoms. The molecule has 0 amide bonds. The maximum absolute atomic E-state index is 5.83. The molecule has 0 N–H and O–H groups in total. The lowest BCUT2D eigenvalue weighted by Crippen LogP contribution is -2.23. The molecule has 4 nitrogen and oxygen atoms in total. The topological polar surface area (TPSA) is 41.9 Å². The van der Waals surface area contributed by atoms with E-state index < -0.39 is 0 Å². The summed E-state index contributed by atoms with van der Waals surface area (Å²) in [5.41, 5.74) is 2.86. The van der Waals surface area contributed by atoms with Gasteiger partial charge in [-0.3, -0.25) is 4.98 Å². The third-order valence-electron chi connectivity index (χ3n) is 2.80. The number of rotatable bonds is 5. The van der Waals surface area contributed by atoms with E-state index in [1.165, 1.54) is 0 Å². The van der Waals surface area contributed by atoms with Crippen molar-refractivity contribution in [2.45, 2.75) is 19.2 Å². The molecule has 0 fully saturated rings. The third kappa shape index (κ3) is 3.89. The van der Waals surface area contributed by atoms with E-state index in [0.29, 0.717) is 11.8 Å². The first-order valence-electron chi connectivity index (χ1n) is 6.20. The molecule has 0 radical (unpaired) electrons. The number of nitrogens with zero attached hydrogens (tertiary/aromatic N) is 4. The minimum absolute atomic E-state index is 0.407. The van der Waals surface area contributed by atoms with Crippen molar-refractivity contribution in [3.63, 3.8) is 0 Å². The van der Waals surface area contributed by atoms with Crippen molar-refractivity contribution in [2.75, 3.05) is 18.5 Å². The number of aryl methyl sites for hydroxylation is 1. The second-order valence-corrected chi connectivity index (χ2v) is 4.69. The van der Waals surface area contributed by atoms with Crippen molar-refractivity contribution < 1.29 is 0 Å². The Labute approximate surface area is 118 Å². The summed E-state index contributed by atoms with van der Waals surface area (Å²) in [6.07, 6.45) is 2.68. The van der Waals surface area contributed by atoms with Crippen LogP contribution in [0.25, 0.3) is 0 Å². The highest BCUT2D eigenvalue weighted by molar-refractivity contribution is 6.16. The Balaban J connectivity index is 2.03. The van der Waals surface area contributed by atoms with Crippen LogP contribution in [0.15, 0.2) is 30.5 Å². The molecule has 0 aliphatic rings. The van der Waals surface area contributed by atoms with Gasteiger partial charge in [0, 0.05) is 37.6 Å². The average Bonchev–Trinajstić information content (AvgIpc) is 2.45. The first-order valence-corrected chi connectivity index (χ1v) is 6.74. The summed E-state index contributed by atoms with van der Waals surface area (Å²) >= 11 is 5.83. The normalized spacial score (nSPS) is 10.5. The quantitative estimate of drug-likeness (QED) is 0.787. The smallest absolute Gasteiger partial charge is 0.225 e. The van der Waals surface area contributed by atoms with E-state index in [9.17, 15) is 0 Å². The predicted molar refractivity (Wildman–Crippen MR) is 77.5 cm³/mol. The van der Waals surface area contributed by atoms with Crippen molar-refractivity contribution in [3.05, 3.63) is 47.5 Å². The summed E-state index contributed by atoms with van der Waals surface area (Å²) in [4.78, 5) is 15.2. The molecule has 2 aromatic rings. The maximum atomic E-state index is 5.83. The molecule has 0 atom stereocenters. The van der Waals surface area contributed by atoms with Gasteiger partial charge in [-0.15, -0.1) is 11.6 Å². The van der Waals surface area contributed by atoms with E-state index in [-0.39, 0.29) is 0 Å². The fraction of sp³-hybridized carbons (Fsp3) is 0.357. The Hall–Kier alpha value is -1.68. The van der Waals surface area contributed by atoms with Crippen LogP contribution in [0.4, 0.5) is 5.95 Å². The predicted octanol–water partition coefficient (Wildman–Crippen LogP) is 2.60. The van der Waals surface area contributed by atoms with Gasteiger partial charge in [0.1, 0.15) is 0 Å². The number of hydrogen-bond donors (Lipinski definition) is 0. The fourth-order valence-electron chi connectivity index (χ4n) is 1.78. The maximum Gasteiger partial charge on any atom is 0.225 e. The van der Waals surface area contributed by atoms with E-state index in [0.717, 1.165) is 30.0 Å². The largest absolute Gasteiger partial charge is 0.343 e. The molecular weight excluding hydrogens is 260 g/mol. The van der Waals surface area contributed by atoms with Gasteiger partial charge in [-0.05, 0) is 25.1 Å². The lowest BCUT2D eigenvalue weighted by Gasteiger charge is -2.17. The zero-order valence-corrected chi connectivity index (χ0v) is 11.9. The van der Waals surface area contributed by atoms with Gasteiger partial charge in [0.2, 0.25) is 5.95 Å². The average molecular weight is 277 g/mol. The minimum Gasteiger partial charge on any atom is -0.343 e. The van der Waals surface area contributed by atoms with E-state index >= 15 is 0 Å². The van der Waals surface area contributed by atoms with Crippen molar-refractivity contribution in [2.24, 2.45) is 0 Å². The molecule has 2 rings (SSSR count). The minimum atomic E-state index is 0.407. The molecule has 19 heavy (non-hydrogen) atoms. The highest BCUT2D eigenvalue weighted by Crippen LogP contribution is 2.11. The van der Waals surface area contributed by atoms with Gasteiger partial charge in [0.05, 0.1) is 11.6 Å². The summed E-state index contributed by atoms with van der Waals surface area (Å²) in [5, 5.41) is 0. The van der Waals surface area contributed by atoms with E-state index in [4.69, 9.17) is 11.6 Å². The third-order valence-corrected chi connectivity index (χ3v) is 3.08. The van der Waals surface area contributed by atoms with Crippen LogP contribution in [-0.4, -0.2) is 28.5 Å². The van der Waals surface area contributed by atoms with Gasteiger partial charge in [0.15, 0.2) is 0 Å². The number of likely N-dealkylation sites (N-methyl/N-ethyl adjacent to an activating group) is 1. The zero-order chi connectivity index (χ0) is 13.7. The first kappa shape index (κ1) is 13.7. The second-order valence-electron chi connectivity index (χ2n) is 4.43. The van der Waals surface area contributed by atoms with Gasteiger partial charge in [-0.1, -0.05) is 6.07 Å². The van der Waals surface area contributed by atoms with Crippen molar-refractivity contribution in [1.82, 2.24) is 15.0 Å². The lowest BCUT2D eigenvalue weighted by atomic mass is 10.2. The molecule has 100 valence electrons. The molecule has 0 aromatic carbocycles. The standard InChI is InChI=1S/C14H17ClN4/c1-11-9-13(10-15)18-14(17-11)19(2)8-6-12-5-3-4-7-16-12/h3-5,7,9H,6,8,10H2,1-2H3. The molecule has 0 saturated heterocycles. The van der Waals surface area contributed by atoms with Crippen LogP contribution < -0.4 is 4.90 Å². The number of anilines is 1. The van der Waals surface area contributed by atoms with Crippen LogP contribution in [0.3, 0.4) is 0 Å². The molecule has 2 aromatic heterocycles. The van der Waals surface area contributed by atoms with Gasteiger partial charge in [-0.25, -0.2) is 9.97 Å². The van der Waals surface area contributed by atoms with Crippen LogP contribution in [0.5, 0.6) is 0 Å². The lowest BCUT2D eigenvalue weighted by molar-refractivity contribution is 0.812. The Bertz CT molecular complexity index is 530. The number of pyridine rings is 1. The molecular formula is C14H17ClN4.